The molecular formula is C12H14N2O. The molecule has 0 aliphatic carbocycles. The van der Waals surface area contributed by atoms with Crippen molar-refractivity contribution in [3.05, 3.63) is 52.9 Å². The number of rotatable bonds is 2. The molecule has 0 aliphatic heterocycles. The minimum Gasteiger partial charge on any atom is -0.361 e. The maximum atomic E-state index is 6.16. The van der Waals surface area contributed by atoms with Crippen molar-refractivity contribution in [3.63, 3.8) is 0 Å². The van der Waals surface area contributed by atoms with Crippen molar-refractivity contribution in [3.8, 4) is 0 Å². The van der Waals surface area contributed by atoms with Gasteiger partial charge < -0.3 is 10.3 Å². The van der Waals surface area contributed by atoms with Gasteiger partial charge in [0.2, 0.25) is 0 Å². The van der Waals surface area contributed by atoms with E-state index in [-0.39, 0.29) is 6.04 Å². The Bertz CT molecular complexity index is 428. The monoisotopic (exact) mass is 202 g/mol. The first kappa shape index (κ1) is 9.93. The van der Waals surface area contributed by atoms with Gasteiger partial charge in [0.25, 0.3) is 0 Å². The summed E-state index contributed by atoms with van der Waals surface area (Å²) in [7, 11) is 0. The highest BCUT2D eigenvalue weighted by atomic mass is 16.5. The van der Waals surface area contributed by atoms with Crippen molar-refractivity contribution < 1.29 is 4.52 Å². The van der Waals surface area contributed by atoms with Crippen LogP contribution in [0.4, 0.5) is 0 Å². The third-order valence-corrected chi connectivity index (χ3v) is 2.56. The van der Waals surface area contributed by atoms with E-state index in [1.54, 1.807) is 0 Å². The molecule has 1 aromatic heterocycles. The number of aryl methyl sites for hydroxylation is 2. The van der Waals surface area contributed by atoms with E-state index in [1.165, 1.54) is 0 Å². The second kappa shape index (κ2) is 3.87. The lowest BCUT2D eigenvalue weighted by molar-refractivity contribution is 0.392. The summed E-state index contributed by atoms with van der Waals surface area (Å²) in [6.07, 6.45) is 0. The summed E-state index contributed by atoms with van der Waals surface area (Å²) in [4.78, 5) is 0. The van der Waals surface area contributed by atoms with E-state index in [1.807, 2.05) is 44.2 Å². The molecule has 2 aromatic rings. The molecule has 1 unspecified atom stereocenters. The van der Waals surface area contributed by atoms with Gasteiger partial charge in [-0.05, 0) is 19.4 Å². The number of aromatic nitrogens is 1. The lowest BCUT2D eigenvalue weighted by atomic mass is 9.98. The second-order valence-electron chi connectivity index (χ2n) is 3.63. The topological polar surface area (TPSA) is 52.0 Å². The zero-order valence-corrected chi connectivity index (χ0v) is 8.90. The van der Waals surface area contributed by atoms with Crippen LogP contribution < -0.4 is 5.73 Å². The summed E-state index contributed by atoms with van der Waals surface area (Å²) in [6, 6.07) is 9.80. The van der Waals surface area contributed by atoms with E-state index >= 15 is 0 Å². The van der Waals surface area contributed by atoms with E-state index in [0.29, 0.717) is 0 Å². The first-order valence-electron chi connectivity index (χ1n) is 4.93. The van der Waals surface area contributed by atoms with E-state index in [9.17, 15) is 0 Å². The molecule has 0 bridgehead atoms. The Morgan fingerprint density at radius 1 is 1.20 bits per heavy atom. The normalized spacial score (nSPS) is 12.7. The zero-order valence-electron chi connectivity index (χ0n) is 8.90. The van der Waals surface area contributed by atoms with Crippen LogP contribution in [0.25, 0.3) is 0 Å². The van der Waals surface area contributed by atoms with Crippen molar-refractivity contribution in [1.29, 1.82) is 0 Å². The predicted octanol–water partition coefficient (Wildman–Crippen LogP) is 2.34. The zero-order chi connectivity index (χ0) is 10.8. The Hall–Kier alpha value is -1.61. The van der Waals surface area contributed by atoms with Gasteiger partial charge in [-0.1, -0.05) is 35.5 Å². The van der Waals surface area contributed by atoms with Crippen LogP contribution in [0.3, 0.4) is 0 Å². The van der Waals surface area contributed by atoms with Gasteiger partial charge in [-0.2, -0.15) is 0 Å². The molecule has 3 heteroatoms. The van der Waals surface area contributed by atoms with Gasteiger partial charge >= 0.3 is 0 Å². The molecule has 0 radical (unpaired) electrons. The molecule has 1 aromatic carbocycles. The van der Waals surface area contributed by atoms with Crippen molar-refractivity contribution in [2.45, 2.75) is 19.9 Å². The molecule has 3 nitrogen and oxygen atoms in total. The number of hydrogen-bond donors (Lipinski definition) is 1. The second-order valence-corrected chi connectivity index (χ2v) is 3.63. The summed E-state index contributed by atoms with van der Waals surface area (Å²) in [5, 5.41) is 3.91. The molecule has 0 amide bonds. The Kier molecular flexibility index (Phi) is 2.56. The Morgan fingerprint density at radius 2 is 1.87 bits per heavy atom. The largest absolute Gasteiger partial charge is 0.361 e. The summed E-state index contributed by atoms with van der Waals surface area (Å²) in [5.41, 5.74) is 9.09. The lowest BCUT2D eigenvalue weighted by Crippen LogP contribution is -2.13. The van der Waals surface area contributed by atoms with Crippen LogP contribution in [-0.2, 0) is 0 Å². The van der Waals surface area contributed by atoms with Crippen LogP contribution in [0.1, 0.15) is 28.6 Å². The molecule has 1 atom stereocenters. The molecule has 0 saturated carbocycles. The molecule has 1 heterocycles. The molecular weight excluding hydrogens is 188 g/mol. The van der Waals surface area contributed by atoms with Gasteiger partial charge in [-0.3, -0.25) is 0 Å². The van der Waals surface area contributed by atoms with E-state index in [0.717, 1.165) is 22.6 Å². The highest BCUT2D eigenvalue weighted by molar-refractivity contribution is 5.34. The van der Waals surface area contributed by atoms with Gasteiger partial charge in [-0.15, -0.1) is 0 Å². The molecule has 0 spiro atoms. The van der Waals surface area contributed by atoms with Crippen molar-refractivity contribution in [2.24, 2.45) is 5.73 Å². The fourth-order valence-corrected chi connectivity index (χ4v) is 1.76. The minimum absolute atomic E-state index is 0.155. The summed E-state index contributed by atoms with van der Waals surface area (Å²) in [6.45, 7) is 3.80. The van der Waals surface area contributed by atoms with Crippen LogP contribution >= 0.6 is 0 Å². The maximum absolute atomic E-state index is 6.16. The number of nitrogens with zero attached hydrogens (tertiary/aromatic N) is 1. The van der Waals surface area contributed by atoms with E-state index in [4.69, 9.17) is 10.3 Å². The highest BCUT2D eigenvalue weighted by Crippen LogP contribution is 2.24. The average molecular weight is 202 g/mol. The first-order valence-corrected chi connectivity index (χ1v) is 4.93. The molecule has 0 saturated heterocycles. The summed E-state index contributed by atoms with van der Waals surface area (Å²) >= 11 is 0. The van der Waals surface area contributed by atoms with Crippen molar-refractivity contribution in [1.82, 2.24) is 5.16 Å². The van der Waals surface area contributed by atoms with Gasteiger partial charge in [-0.25, -0.2) is 0 Å². The minimum atomic E-state index is -0.155. The first-order chi connectivity index (χ1) is 7.20. The fraction of sp³-hybridized carbons (Fsp3) is 0.250. The smallest absolute Gasteiger partial charge is 0.139 e. The van der Waals surface area contributed by atoms with Gasteiger partial charge in [0.05, 0.1) is 11.7 Å². The number of hydrogen-bond acceptors (Lipinski definition) is 3. The van der Waals surface area contributed by atoms with Crippen LogP contribution in [0, 0.1) is 13.8 Å². The van der Waals surface area contributed by atoms with Crippen LogP contribution in [0.2, 0.25) is 0 Å². The quantitative estimate of drug-likeness (QED) is 0.813. The van der Waals surface area contributed by atoms with Crippen molar-refractivity contribution in [2.75, 3.05) is 0 Å². The van der Waals surface area contributed by atoms with Gasteiger partial charge in [0, 0.05) is 5.56 Å². The fourth-order valence-electron chi connectivity index (χ4n) is 1.76. The summed E-state index contributed by atoms with van der Waals surface area (Å²) in [5.74, 6) is 0.795. The van der Waals surface area contributed by atoms with Crippen LogP contribution in [-0.4, -0.2) is 5.16 Å². The third kappa shape index (κ3) is 1.78. The standard InChI is InChI=1S/C12H14N2O/c1-8-11(9(2)15-14-8)12(13)10-6-4-3-5-7-10/h3-7,12H,13H2,1-2H3. The Balaban J connectivity index is 2.41. The molecule has 2 rings (SSSR count). The molecule has 78 valence electrons. The Morgan fingerprint density at radius 3 is 2.40 bits per heavy atom. The lowest BCUT2D eigenvalue weighted by Gasteiger charge is -2.11. The van der Waals surface area contributed by atoms with Crippen molar-refractivity contribution >= 4 is 0 Å². The van der Waals surface area contributed by atoms with Crippen LogP contribution in [0.15, 0.2) is 34.9 Å². The summed E-state index contributed by atoms with van der Waals surface area (Å²) < 4.78 is 5.11. The highest BCUT2D eigenvalue weighted by Gasteiger charge is 2.17. The predicted molar refractivity (Wildman–Crippen MR) is 58.4 cm³/mol. The molecule has 0 fully saturated rings. The number of benzene rings is 1. The third-order valence-electron chi connectivity index (χ3n) is 2.56. The van der Waals surface area contributed by atoms with E-state index in [2.05, 4.69) is 5.16 Å². The average Bonchev–Trinajstić information content (AvgIpc) is 2.59. The maximum Gasteiger partial charge on any atom is 0.139 e. The number of nitrogens with two attached hydrogens (primary N) is 1. The Labute approximate surface area is 88.9 Å². The molecule has 0 aliphatic rings. The van der Waals surface area contributed by atoms with Gasteiger partial charge in [0.15, 0.2) is 0 Å². The SMILES string of the molecule is Cc1noc(C)c1C(N)c1ccccc1. The molecule has 2 N–H and O–H groups in total. The van der Waals surface area contributed by atoms with Crippen LogP contribution in [0.5, 0.6) is 0 Å². The molecule has 15 heavy (non-hydrogen) atoms. The van der Waals surface area contributed by atoms with E-state index < -0.39 is 0 Å². The van der Waals surface area contributed by atoms with Gasteiger partial charge in [0.1, 0.15) is 5.76 Å².